The van der Waals surface area contributed by atoms with E-state index in [1.807, 2.05) is 6.92 Å². The third-order valence-corrected chi connectivity index (χ3v) is 4.09. The number of anilines is 3. The van der Waals surface area contributed by atoms with E-state index in [2.05, 4.69) is 15.6 Å². The van der Waals surface area contributed by atoms with E-state index in [9.17, 15) is 4.79 Å². The van der Waals surface area contributed by atoms with Crippen LogP contribution in [-0.2, 0) is 0 Å². The van der Waals surface area contributed by atoms with Crippen molar-refractivity contribution in [2.24, 2.45) is 0 Å². The number of nitrogens with one attached hydrogen (secondary N) is 2. The number of carbonyl (C=O) groups is 1. The zero-order chi connectivity index (χ0) is 19.9. The van der Waals surface area contributed by atoms with Gasteiger partial charge >= 0.3 is 0 Å². The number of benzene rings is 2. The van der Waals surface area contributed by atoms with Crippen molar-refractivity contribution in [1.82, 2.24) is 4.98 Å². The molecule has 7 heteroatoms. The predicted molar refractivity (Wildman–Crippen MR) is 111 cm³/mol. The molecule has 0 atom stereocenters. The maximum absolute atomic E-state index is 12.5. The third-order valence-electron chi connectivity index (χ3n) is 3.86. The number of halogens is 1. The molecule has 0 aliphatic heterocycles. The Hall–Kier alpha value is -3.25. The average molecular weight is 398 g/mol. The first-order chi connectivity index (χ1) is 13.6. The molecule has 0 fully saturated rings. The zero-order valence-electron chi connectivity index (χ0n) is 15.5. The maximum atomic E-state index is 12.5. The standard InChI is InChI=1S/C21H20ClN3O3/c1-3-28-17-7-5-15(6-8-17)25-21(26)19-13-16(10-11-23-19)24-18-12-14(22)4-9-20(18)27-2/h4-13H,3H2,1-2H3,(H,23,24)(H,25,26). The number of carbonyl (C=O) groups excluding carboxylic acids is 1. The van der Waals surface area contributed by atoms with Crippen molar-refractivity contribution in [2.45, 2.75) is 6.92 Å². The third kappa shape index (κ3) is 4.92. The minimum Gasteiger partial charge on any atom is -0.495 e. The first kappa shape index (κ1) is 19.5. The molecule has 0 spiro atoms. The lowest BCUT2D eigenvalue weighted by Crippen LogP contribution is -2.13. The van der Waals surface area contributed by atoms with Crippen LogP contribution >= 0.6 is 11.6 Å². The summed E-state index contributed by atoms with van der Waals surface area (Å²) in [5, 5.41) is 6.59. The fourth-order valence-electron chi connectivity index (χ4n) is 2.56. The van der Waals surface area contributed by atoms with Crippen molar-refractivity contribution in [3.63, 3.8) is 0 Å². The van der Waals surface area contributed by atoms with Crippen LogP contribution in [0.1, 0.15) is 17.4 Å². The van der Waals surface area contributed by atoms with Gasteiger partial charge < -0.3 is 20.1 Å². The number of pyridine rings is 1. The number of amides is 1. The van der Waals surface area contributed by atoms with E-state index in [0.29, 0.717) is 34.4 Å². The Morgan fingerprint density at radius 1 is 1.07 bits per heavy atom. The molecule has 0 unspecified atom stereocenters. The van der Waals surface area contributed by atoms with E-state index in [1.54, 1.807) is 67.9 Å². The lowest BCUT2D eigenvalue weighted by atomic mass is 10.2. The molecular weight excluding hydrogens is 378 g/mol. The van der Waals surface area contributed by atoms with Gasteiger partial charge in [-0.1, -0.05) is 11.6 Å². The van der Waals surface area contributed by atoms with Crippen molar-refractivity contribution < 1.29 is 14.3 Å². The van der Waals surface area contributed by atoms with Crippen LogP contribution in [0.15, 0.2) is 60.8 Å². The number of rotatable bonds is 7. The predicted octanol–water partition coefficient (Wildman–Crippen LogP) is 5.14. The summed E-state index contributed by atoms with van der Waals surface area (Å²) in [7, 11) is 1.58. The first-order valence-electron chi connectivity index (χ1n) is 8.70. The maximum Gasteiger partial charge on any atom is 0.274 e. The van der Waals surface area contributed by atoms with Gasteiger partial charge in [-0.25, -0.2) is 0 Å². The van der Waals surface area contributed by atoms with Crippen molar-refractivity contribution in [2.75, 3.05) is 24.4 Å². The molecule has 2 N–H and O–H groups in total. The Morgan fingerprint density at radius 2 is 1.86 bits per heavy atom. The lowest BCUT2D eigenvalue weighted by Gasteiger charge is -2.12. The summed E-state index contributed by atoms with van der Waals surface area (Å²) in [6.07, 6.45) is 1.56. The van der Waals surface area contributed by atoms with Gasteiger partial charge in [0.25, 0.3) is 5.91 Å². The summed E-state index contributed by atoms with van der Waals surface area (Å²) in [5.74, 6) is 1.08. The minimum atomic E-state index is -0.314. The number of nitrogens with zero attached hydrogens (tertiary/aromatic N) is 1. The Kier molecular flexibility index (Phi) is 6.34. The number of ether oxygens (including phenoxy) is 2. The fraction of sp³-hybridized carbons (Fsp3) is 0.143. The molecule has 144 valence electrons. The Morgan fingerprint density at radius 3 is 2.57 bits per heavy atom. The van der Waals surface area contributed by atoms with E-state index in [-0.39, 0.29) is 11.6 Å². The van der Waals surface area contributed by atoms with Crippen molar-refractivity contribution in [1.29, 1.82) is 0 Å². The van der Waals surface area contributed by atoms with Crippen LogP contribution in [0.5, 0.6) is 11.5 Å². The van der Waals surface area contributed by atoms with E-state index in [0.717, 1.165) is 5.75 Å². The smallest absolute Gasteiger partial charge is 0.274 e. The number of hydrogen-bond acceptors (Lipinski definition) is 5. The SMILES string of the molecule is CCOc1ccc(NC(=O)c2cc(Nc3cc(Cl)ccc3OC)ccn2)cc1. The highest BCUT2D eigenvalue weighted by atomic mass is 35.5. The van der Waals surface area contributed by atoms with Gasteiger partial charge in [-0.05, 0) is 61.5 Å². The molecule has 2 aromatic carbocycles. The summed E-state index contributed by atoms with van der Waals surface area (Å²) in [6.45, 7) is 2.51. The van der Waals surface area contributed by atoms with E-state index in [1.165, 1.54) is 0 Å². The van der Waals surface area contributed by atoms with Gasteiger partial charge in [-0.2, -0.15) is 0 Å². The molecule has 0 aliphatic carbocycles. The highest BCUT2D eigenvalue weighted by Crippen LogP contribution is 2.30. The molecule has 0 saturated heterocycles. The van der Waals surface area contributed by atoms with Crippen LogP contribution in [0.2, 0.25) is 5.02 Å². The van der Waals surface area contributed by atoms with Crippen LogP contribution in [0.3, 0.4) is 0 Å². The van der Waals surface area contributed by atoms with Crippen LogP contribution < -0.4 is 20.1 Å². The number of aromatic nitrogens is 1. The summed E-state index contributed by atoms with van der Waals surface area (Å²) in [5.41, 5.74) is 2.32. The second-order valence-electron chi connectivity index (χ2n) is 5.81. The average Bonchev–Trinajstić information content (AvgIpc) is 2.70. The Balaban J connectivity index is 1.73. The molecule has 28 heavy (non-hydrogen) atoms. The molecular formula is C21H20ClN3O3. The van der Waals surface area contributed by atoms with Crippen LogP contribution in [0, 0.1) is 0 Å². The molecule has 0 aliphatic rings. The van der Waals surface area contributed by atoms with Gasteiger partial charge in [0.2, 0.25) is 0 Å². The molecule has 1 amide bonds. The van der Waals surface area contributed by atoms with Crippen molar-refractivity contribution in [3.8, 4) is 11.5 Å². The zero-order valence-corrected chi connectivity index (χ0v) is 16.3. The lowest BCUT2D eigenvalue weighted by molar-refractivity contribution is 0.102. The van der Waals surface area contributed by atoms with Crippen molar-refractivity contribution >= 4 is 34.6 Å². The summed E-state index contributed by atoms with van der Waals surface area (Å²) in [4.78, 5) is 16.7. The monoisotopic (exact) mass is 397 g/mol. The van der Waals surface area contributed by atoms with Gasteiger partial charge in [-0.15, -0.1) is 0 Å². The molecule has 0 bridgehead atoms. The molecule has 1 aromatic heterocycles. The van der Waals surface area contributed by atoms with Gasteiger partial charge in [0, 0.05) is 22.6 Å². The van der Waals surface area contributed by atoms with Crippen LogP contribution in [0.4, 0.5) is 17.1 Å². The summed E-state index contributed by atoms with van der Waals surface area (Å²) >= 11 is 6.06. The van der Waals surface area contributed by atoms with Crippen LogP contribution in [0.25, 0.3) is 0 Å². The second kappa shape index (κ2) is 9.10. The Bertz CT molecular complexity index is 961. The van der Waals surface area contributed by atoms with Gasteiger partial charge in [0.15, 0.2) is 0 Å². The molecule has 3 rings (SSSR count). The fourth-order valence-corrected chi connectivity index (χ4v) is 2.73. The molecule has 3 aromatic rings. The largest absolute Gasteiger partial charge is 0.495 e. The van der Waals surface area contributed by atoms with E-state index in [4.69, 9.17) is 21.1 Å². The number of methoxy groups -OCH3 is 1. The first-order valence-corrected chi connectivity index (χ1v) is 9.07. The summed E-state index contributed by atoms with van der Waals surface area (Å²) in [6, 6.07) is 15.8. The number of hydrogen-bond donors (Lipinski definition) is 2. The van der Waals surface area contributed by atoms with E-state index < -0.39 is 0 Å². The van der Waals surface area contributed by atoms with Gasteiger partial charge in [0.05, 0.1) is 19.4 Å². The molecule has 6 nitrogen and oxygen atoms in total. The van der Waals surface area contributed by atoms with Crippen LogP contribution in [-0.4, -0.2) is 24.6 Å². The normalized spacial score (nSPS) is 10.2. The summed E-state index contributed by atoms with van der Waals surface area (Å²) < 4.78 is 10.7. The topological polar surface area (TPSA) is 72.5 Å². The Labute approximate surface area is 168 Å². The highest BCUT2D eigenvalue weighted by molar-refractivity contribution is 6.31. The van der Waals surface area contributed by atoms with Gasteiger partial charge in [0.1, 0.15) is 17.2 Å². The highest BCUT2D eigenvalue weighted by Gasteiger charge is 2.10. The molecule has 0 radical (unpaired) electrons. The van der Waals surface area contributed by atoms with Gasteiger partial charge in [-0.3, -0.25) is 9.78 Å². The second-order valence-corrected chi connectivity index (χ2v) is 6.25. The minimum absolute atomic E-state index is 0.278. The van der Waals surface area contributed by atoms with Crippen molar-refractivity contribution in [3.05, 3.63) is 71.5 Å². The quantitative estimate of drug-likeness (QED) is 0.577. The van der Waals surface area contributed by atoms with E-state index >= 15 is 0 Å². The molecule has 1 heterocycles. The molecule has 0 saturated carbocycles.